The molecule has 2 atom stereocenters. The molecule has 0 N–H and O–H groups in total. The highest BCUT2D eigenvalue weighted by Gasteiger charge is 2.50. The molecular formula is C15H14BrFN2O3S2. The molecule has 1 aromatic rings. The van der Waals surface area contributed by atoms with Crippen molar-refractivity contribution in [2.45, 2.75) is 24.1 Å². The Hall–Kier alpha value is -0.930. The number of carbonyl (C=O) groups is 1. The van der Waals surface area contributed by atoms with E-state index < -0.39 is 15.7 Å². The largest absolute Gasteiger partial charge is 0.313 e. The summed E-state index contributed by atoms with van der Waals surface area (Å²) < 4.78 is 39.0. The molecule has 2 heterocycles. The molecule has 3 aliphatic rings. The molecule has 5 nitrogen and oxygen atoms in total. The van der Waals surface area contributed by atoms with Gasteiger partial charge in [0.15, 0.2) is 15.0 Å². The maximum Gasteiger partial charge on any atom is 0.251 e. The van der Waals surface area contributed by atoms with Gasteiger partial charge in [0.05, 0.1) is 23.2 Å². The molecule has 0 unspecified atom stereocenters. The molecule has 2 saturated heterocycles. The van der Waals surface area contributed by atoms with E-state index in [9.17, 15) is 17.6 Å². The summed E-state index contributed by atoms with van der Waals surface area (Å²) in [6.07, 6.45) is 1.68. The van der Waals surface area contributed by atoms with Crippen molar-refractivity contribution in [1.29, 1.82) is 0 Å². The molecule has 0 spiro atoms. The second-order valence-electron chi connectivity index (χ2n) is 6.27. The van der Waals surface area contributed by atoms with Gasteiger partial charge < -0.3 is 4.90 Å². The van der Waals surface area contributed by atoms with E-state index in [0.29, 0.717) is 9.64 Å². The SMILES string of the molecule is O=C(N=C1S[C@H]2CS(=O)(=O)C[C@@H]2N1c1ccc(Br)cc1F)C1CC1. The Balaban J connectivity index is 1.76. The van der Waals surface area contributed by atoms with Crippen LogP contribution in [-0.2, 0) is 14.6 Å². The Bertz CT molecular complexity index is 854. The minimum Gasteiger partial charge on any atom is -0.313 e. The van der Waals surface area contributed by atoms with Crippen LogP contribution in [0.15, 0.2) is 27.7 Å². The van der Waals surface area contributed by atoms with E-state index in [2.05, 4.69) is 20.9 Å². The summed E-state index contributed by atoms with van der Waals surface area (Å²) in [5.74, 6) is -0.701. The first-order valence-corrected chi connectivity index (χ1v) is 11.1. The number of benzene rings is 1. The molecule has 9 heteroatoms. The van der Waals surface area contributed by atoms with Crippen LogP contribution < -0.4 is 4.90 Å². The minimum atomic E-state index is -3.16. The molecule has 1 aromatic carbocycles. The first-order valence-electron chi connectivity index (χ1n) is 7.58. The van der Waals surface area contributed by atoms with Crippen LogP contribution in [0, 0.1) is 11.7 Å². The molecule has 3 fully saturated rings. The lowest BCUT2D eigenvalue weighted by atomic mass is 10.2. The maximum absolute atomic E-state index is 14.5. The van der Waals surface area contributed by atoms with Crippen molar-refractivity contribution in [3.05, 3.63) is 28.5 Å². The normalized spacial score (nSPS) is 29.9. The summed E-state index contributed by atoms with van der Waals surface area (Å²) in [4.78, 5) is 17.9. The van der Waals surface area contributed by atoms with Crippen molar-refractivity contribution in [3.8, 4) is 0 Å². The molecule has 128 valence electrons. The standard InChI is InChI=1S/C15H14BrFN2O3S2/c16-9-3-4-11(10(17)5-9)19-12-6-24(21,22)7-13(12)23-15(19)18-14(20)8-1-2-8/h3-5,8,12-13H,1-2,6-7H2/t12-,13-/m0/s1. The predicted molar refractivity (Wildman–Crippen MR) is 95.6 cm³/mol. The van der Waals surface area contributed by atoms with Crippen LogP contribution >= 0.6 is 27.7 Å². The Morgan fingerprint density at radius 1 is 1.33 bits per heavy atom. The van der Waals surface area contributed by atoms with E-state index in [-0.39, 0.29) is 40.3 Å². The van der Waals surface area contributed by atoms with Crippen molar-refractivity contribution < 1.29 is 17.6 Å². The highest BCUT2D eigenvalue weighted by Crippen LogP contribution is 2.42. The topological polar surface area (TPSA) is 66.8 Å². The molecule has 2 aliphatic heterocycles. The zero-order valence-electron chi connectivity index (χ0n) is 12.5. The van der Waals surface area contributed by atoms with Gasteiger partial charge in [-0.2, -0.15) is 4.99 Å². The third-order valence-corrected chi connectivity index (χ3v) is 8.07. The number of hydrogen-bond acceptors (Lipinski definition) is 4. The number of carbonyl (C=O) groups excluding carboxylic acids is 1. The quantitative estimate of drug-likeness (QED) is 0.718. The number of amidine groups is 1. The van der Waals surface area contributed by atoms with E-state index in [4.69, 9.17) is 0 Å². The molecule has 1 aliphatic carbocycles. The molecule has 1 amide bonds. The number of hydrogen-bond donors (Lipinski definition) is 0. The molecule has 0 aromatic heterocycles. The fraction of sp³-hybridized carbons (Fsp3) is 0.467. The van der Waals surface area contributed by atoms with Crippen LogP contribution in [0.2, 0.25) is 0 Å². The lowest BCUT2D eigenvalue weighted by Gasteiger charge is -2.25. The van der Waals surface area contributed by atoms with Gasteiger partial charge in [-0.3, -0.25) is 4.79 Å². The Morgan fingerprint density at radius 2 is 2.08 bits per heavy atom. The zero-order valence-corrected chi connectivity index (χ0v) is 15.7. The Morgan fingerprint density at radius 3 is 2.75 bits per heavy atom. The average molecular weight is 433 g/mol. The fourth-order valence-corrected chi connectivity index (χ4v) is 7.28. The number of amides is 1. The number of anilines is 1. The third kappa shape index (κ3) is 3.01. The van der Waals surface area contributed by atoms with Gasteiger partial charge in [0.1, 0.15) is 5.82 Å². The summed E-state index contributed by atoms with van der Waals surface area (Å²) in [5, 5.41) is 0.196. The van der Waals surface area contributed by atoms with Crippen LogP contribution in [0.5, 0.6) is 0 Å². The summed E-state index contributed by atoms with van der Waals surface area (Å²) in [5.41, 5.74) is 0.262. The van der Waals surface area contributed by atoms with Crippen molar-refractivity contribution in [2.24, 2.45) is 10.9 Å². The van der Waals surface area contributed by atoms with E-state index >= 15 is 0 Å². The summed E-state index contributed by atoms with van der Waals surface area (Å²) in [6.45, 7) is 0. The first kappa shape index (κ1) is 16.5. The number of sulfone groups is 1. The van der Waals surface area contributed by atoms with Gasteiger partial charge in [-0.25, -0.2) is 12.8 Å². The van der Waals surface area contributed by atoms with Crippen LogP contribution in [0.25, 0.3) is 0 Å². The van der Waals surface area contributed by atoms with Crippen LogP contribution in [0.4, 0.5) is 10.1 Å². The summed E-state index contributed by atoms with van der Waals surface area (Å²) >= 11 is 4.49. The molecule has 1 saturated carbocycles. The zero-order chi connectivity index (χ0) is 17.1. The molecular weight excluding hydrogens is 419 g/mol. The third-order valence-electron chi connectivity index (χ3n) is 4.37. The number of halogens is 2. The second kappa shape index (κ2) is 5.81. The van der Waals surface area contributed by atoms with E-state index in [1.54, 1.807) is 17.0 Å². The van der Waals surface area contributed by atoms with Crippen molar-refractivity contribution in [2.75, 3.05) is 16.4 Å². The first-order chi connectivity index (χ1) is 11.3. The second-order valence-corrected chi connectivity index (χ2v) is 10.5. The van der Waals surface area contributed by atoms with Crippen LogP contribution in [-0.4, -0.2) is 42.3 Å². The maximum atomic E-state index is 14.5. The lowest BCUT2D eigenvalue weighted by Crippen LogP contribution is -2.38. The predicted octanol–water partition coefficient (Wildman–Crippen LogP) is 2.60. The number of fused-ring (bicyclic) bond motifs is 1. The van der Waals surface area contributed by atoms with Gasteiger partial charge >= 0.3 is 0 Å². The molecule has 4 rings (SSSR count). The smallest absolute Gasteiger partial charge is 0.251 e. The number of thioether (sulfide) groups is 1. The van der Waals surface area contributed by atoms with Gasteiger partial charge in [-0.15, -0.1) is 0 Å². The van der Waals surface area contributed by atoms with Gasteiger partial charge in [0.2, 0.25) is 0 Å². The van der Waals surface area contributed by atoms with Gasteiger partial charge in [0, 0.05) is 15.6 Å². The lowest BCUT2D eigenvalue weighted by molar-refractivity contribution is -0.118. The van der Waals surface area contributed by atoms with Crippen LogP contribution in [0.3, 0.4) is 0 Å². The number of aliphatic imine (C=N–C) groups is 1. The number of rotatable bonds is 2. The number of nitrogens with zero attached hydrogens (tertiary/aromatic N) is 2. The van der Waals surface area contributed by atoms with Crippen molar-refractivity contribution >= 4 is 54.3 Å². The highest BCUT2D eigenvalue weighted by molar-refractivity contribution is 9.10. The van der Waals surface area contributed by atoms with Gasteiger partial charge in [-0.05, 0) is 31.0 Å². The monoisotopic (exact) mass is 432 g/mol. The summed E-state index contributed by atoms with van der Waals surface area (Å²) in [7, 11) is -3.16. The van der Waals surface area contributed by atoms with E-state index in [1.165, 1.54) is 17.8 Å². The van der Waals surface area contributed by atoms with Crippen molar-refractivity contribution in [3.63, 3.8) is 0 Å². The van der Waals surface area contributed by atoms with E-state index in [0.717, 1.165) is 12.8 Å². The average Bonchev–Trinajstić information content (AvgIpc) is 3.22. The molecule has 0 bridgehead atoms. The Labute approximate surface area is 151 Å². The molecule has 24 heavy (non-hydrogen) atoms. The highest BCUT2D eigenvalue weighted by atomic mass is 79.9. The molecule has 0 radical (unpaired) electrons. The summed E-state index contributed by atoms with van der Waals surface area (Å²) in [6, 6.07) is 4.23. The van der Waals surface area contributed by atoms with Gasteiger partial charge in [-0.1, -0.05) is 27.7 Å². The fourth-order valence-electron chi connectivity index (χ4n) is 3.04. The van der Waals surface area contributed by atoms with E-state index in [1.807, 2.05) is 0 Å². The van der Waals surface area contributed by atoms with Crippen LogP contribution in [0.1, 0.15) is 12.8 Å². The Kier molecular flexibility index (Phi) is 4.00. The van der Waals surface area contributed by atoms with Gasteiger partial charge in [0.25, 0.3) is 5.91 Å². The van der Waals surface area contributed by atoms with Crippen molar-refractivity contribution in [1.82, 2.24) is 0 Å². The minimum absolute atomic E-state index is 0.0288.